The lowest BCUT2D eigenvalue weighted by Crippen LogP contribution is -2.16. The van der Waals surface area contributed by atoms with Gasteiger partial charge in [0.05, 0.1) is 23.4 Å². The molecule has 2 N–H and O–H groups in total. The number of hydrogen-bond acceptors (Lipinski definition) is 5. The van der Waals surface area contributed by atoms with E-state index in [1.54, 1.807) is 43.3 Å². The fourth-order valence-electron chi connectivity index (χ4n) is 3.64. The lowest BCUT2D eigenvalue weighted by atomic mass is 10.1. The van der Waals surface area contributed by atoms with Crippen molar-refractivity contribution in [2.45, 2.75) is 23.6 Å². The number of methoxy groups -OCH3 is 1. The van der Waals surface area contributed by atoms with Crippen molar-refractivity contribution in [2.24, 2.45) is 0 Å². The van der Waals surface area contributed by atoms with Crippen molar-refractivity contribution < 1.29 is 21.6 Å². The third-order valence-electron chi connectivity index (χ3n) is 5.48. The molecule has 0 heterocycles. The predicted molar refractivity (Wildman–Crippen MR) is 134 cm³/mol. The number of ether oxygens (including phenoxy) is 1. The summed E-state index contributed by atoms with van der Waals surface area (Å²) in [4.78, 5) is -0.0461. The molecule has 4 aromatic carbocycles. The van der Waals surface area contributed by atoms with Crippen LogP contribution >= 0.6 is 0 Å². The summed E-state index contributed by atoms with van der Waals surface area (Å²) >= 11 is 0. The molecule has 0 atom stereocenters. The summed E-state index contributed by atoms with van der Waals surface area (Å²) in [5.41, 5.74) is 2.47. The number of rotatable bonds is 7. The molecule has 0 unspecified atom stereocenters. The van der Waals surface area contributed by atoms with Gasteiger partial charge in [0.2, 0.25) is 0 Å². The maximum Gasteiger partial charge on any atom is 0.266 e. The fourth-order valence-corrected chi connectivity index (χ4v) is 6.32. The van der Waals surface area contributed by atoms with Crippen LogP contribution in [0.25, 0.3) is 10.8 Å². The monoisotopic (exact) mass is 496 g/mol. The zero-order valence-corrected chi connectivity index (χ0v) is 20.5. The van der Waals surface area contributed by atoms with E-state index in [9.17, 15) is 16.8 Å². The van der Waals surface area contributed by atoms with Crippen LogP contribution in [0.15, 0.2) is 88.7 Å². The number of fused-ring (bicyclic) bond motifs is 1. The minimum atomic E-state index is -4.05. The summed E-state index contributed by atoms with van der Waals surface area (Å²) in [5.74, 6) is 0.155. The SMILES string of the molecule is COc1ccc2cc(S(=O)(=O)Nc3ccccc3C)ccc2c1S(=O)(=O)Nc1ccccc1C. The van der Waals surface area contributed by atoms with Crippen molar-refractivity contribution in [1.82, 2.24) is 0 Å². The highest BCUT2D eigenvalue weighted by molar-refractivity contribution is 7.93. The highest BCUT2D eigenvalue weighted by Gasteiger charge is 2.25. The molecule has 0 bridgehead atoms. The van der Waals surface area contributed by atoms with Crippen LogP contribution in [-0.4, -0.2) is 23.9 Å². The van der Waals surface area contributed by atoms with Crippen LogP contribution in [0, 0.1) is 13.8 Å². The molecule has 0 aliphatic rings. The molecule has 0 aliphatic carbocycles. The topological polar surface area (TPSA) is 102 Å². The number of benzene rings is 4. The van der Waals surface area contributed by atoms with Gasteiger partial charge in [0.1, 0.15) is 10.6 Å². The Morgan fingerprint density at radius 3 is 1.79 bits per heavy atom. The number of para-hydroxylation sites is 2. The molecule has 9 heteroatoms. The van der Waals surface area contributed by atoms with Gasteiger partial charge in [0, 0.05) is 5.39 Å². The maximum atomic E-state index is 13.4. The van der Waals surface area contributed by atoms with Gasteiger partial charge in [-0.2, -0.15) is 0 Å². The second kappa shape index (κ2) is 9.00. The van der Waals surface area contributed by atoms with E-state index in [0.29, 0.717) is 22.1 Å². The van der Waals surface area contributed by atoms with Crippen LogP contribution in [0.2, 0.25) is 0 Å². The van der Waals surface area contributed by atoms with Gasteiger partial charge >= 0.3 is 0 Å². The molecule has 0 amide bonds. The van der Waals surface area contributed by atoms with E-state index in [1.807, 2.05) is 25.1 Å². The van der Waals surface area contributed by atoms with E-state index in [0.717, 1.165) is 11.1 Å². The smallest absolute Gasteiger partial charge is 0.266 e. The first-order chi connectivity index (χ1) is 16.1. The standard InChI is InChI=1S/C25H24N2O5S2/c1-17-8-4-6-10-22(17)26-33(28,29)20-13-14-21-19(16-20)12-15-24(32-3)25(21)34(30,31)27-23-11-7-5-9-18(23)2/h4-16,26-27H,1-3H3. The second-order valence-electron chi connectivity index (χ2n) is 7.82. The molecule has 0 spiro atoms. The van der Waals surface area contributed by atoms with Crippen LogP contribution < -0.4 is 14.2 Å². The van der Waals surface area contributed by atoms with Gasteiger partial charge in [-0.15, -0.1) is 0 Å². The van der Waals surface area contributed by atoms with Crippen molar-refractivity contribution in [3.63, 3.8) is 0 Å². The molecule has 34 heavy (non-hydrogen) atoms. The molecule has 0 radical (unpaired) electrons. The largest absolute Gasteiger partial charge is 0.495 e. The average molecular weight is 497 g/mol. The quantitative estimate of drug-likeness (QED) is 0.372. The number of hydrogen-bond donors (Lipinski definition) is 2. The normalized spacial score (nSPS) is 11.9. The minimum Gasteiger partial charge on any atom is -0.495 e. The van der Waals surface area contributed by atoms with Crippen molar-refractivity contribution in [2.75, 3.05) is 16.6 Å². The first-order valence-electron chi connectivity index (χ1n) is 10.4. The Labute approximate surface area is 199 Å². The van der Waals surface area contributed by atoms with E-state index in [-0.39, 0.29) is 15.5 Å². The maximum absolute atomic E-state index is 13.4. The Hall–Kier alpha value is -3.56. The first kappa shape index (κ1) is 23.6. The van der Waals surface area contributed by atoms with E-state index >= 15 is 0 Å². The molecule has 0 fully saturated rings. The molecular weight excluding hydrogens is 472 g/mol. The Morgan fingerprint density at radius 1 is 0.676 bits per heavy atom. The van der Waals surface area contributed by atoms with Gasteiger partial charge in [0.25, 0.3) is 20.0 Å². The minimum absolute atomic E-state index is 0.0173. The number of anilines is 2. The highest BCUT2D eigenvalue weighted by atomic mass is 32.2. The van der Waals surface area contributed by atoms with Crippen LogP contribution in [0.5, 0.6) is 5.75 Å². The van der Waals surface area contributed by atoms with Crippen LogP contribution in [0.3, 0.4) is 0 Å². The molecular formula is C25H24N2O5S2. The zero-order chi connectivity index (χ0) is 24.5. The van der Waals surface area contributed by atoms with E-state index < -0.39 is 20.0 Å². The van der Waals surface area contributed by atoms with E-state index in [4.69, 9.17) is 4.74 Å². The zero-order valence-electron chi connectivity index (χ0n) is 18.9. The molecule has 0 aromatic heterocycles. The fraction of sp³-hybridized carbons (Fsp3) is 0.120. The Balaban J connectivity index is 1.80. The molecule has 4 rings (SSSR count). The summed E-state index contributed by atoms with van der Waals surface area (Å²) in [5, 5.41) is 0.786. The molecule has 4 aromatic rings. The third-order valence-corrected chi connectivity index (χ3v) is 8.29. The lowest BCUT2D eigenvalue weighted by Gasteiger charge is -2.16. The van der Waals surface area contributed by atoms with Gasteiger partial charge in [-0.05, 0) is 60.7 Å². The summed E-state index contributed by atoms with van der Waals surface area (Å²) in [6, 6.07) is 21.6. The van der Waals surface area contributed by atoms with Crippen molar-refractivity contribution >= 4 is 42.2 Å². The number of sulfonamides is 2. The number of nitrogens with one attached hydrogen (secondary N) is 2. The van der Waals surface area contributed by atoms with Gasteiger partial charge in [-0.25, -0.2) is 16.8 Å². The molecule has 0 aliphatic heterocycles. The van der Waals surface area contributed by atoms with E-state index in [1.165, 1.54) is 31.4 Å². The van der Waals surface area contributed by atoms with Gasteiger partial charge in [-0.3, -0.25) is 9.44 Å². The molecule has 7 nitrogen and oxygen atoms in total. The van der Waals surface area contributed by atoms with Crippen LogP contribution in [0.1, 0.15) is 11.1 Å². The molecule has 176 valence electrons. The summed E-state index contributed by atoms with van der Waals surface area (Å²) in [6.07, 6.45) is 0. The Morgan fingerprint density at radius 2 is 1.24 bits per heavy atom. The van der Waals surface area contributed by atoms with Crippen LogP contribution in [-0.2, 0) is 20.0 Å². The summed E-state index contributed by atoms with van der Waals surface area (Å²) < 4.78 is 63.4. The average Bonchev–Trinajstić information content (AvgIpc) is 2.80. The van der Waals surface area contributed by atoms with Crippen molar-refractivity contribution in [3.8, 4) is 5.75 Å². The van der Waals surface area contributed by atoms with Gasteiger partial charge in [0.15, 0.2) is 0 Å². The highest BCUT2D eigenvalue weighted by Crippen LogP contribution is 2.35. The predicted octanol–water partition coefficient (Wildman–Crippen LogP) is 5.07. The van der Waals surface area contributed by atoms with Gasteiger partial charge in [-0.1, -0.05) is 48.5 Å². The first-order valence-corrected chi connectivity index (χ1v) is 13.4. The third kappa shape index (κ3) is 4.57. The lowest BCUT2D eigenvalue weighted by molar-refractivity contribution is 0.404. The van der Waals surface area contributed by atoms with Crippen molar-refractivity contribution in [1.29, 1.82) is 0 Å². The van der Waals surface area contributed by atoms with Crippen molar-refractivity contribution in [3.05, 3.63) is 90.0 Å². The van der Waals surface area contributed by atoms with Gasteiger partial charge < -0.3 is 4.74 Å². The Kier molecular flexibility index (Phi) is 6.24. The summed E-state index contributed by atoms with van der Waals surface area (Å²) in [6.45, 7) is 3.61. The molecule has 0 saturated heterocycles. The van der Waals surface area contributed by atoms with Crippen LogP contribution in [0.4, 0.5) is 11.4 Å². The molecule has 0 saturated carbocycles. The number of aryl methyl sites for hydroxylation is 2. The summed E-state index contributed by atoms with van der Waals surface area (Å²) in [7, 11) is -6.55. The second-order valence-corrected chi connectivity index (χ2v) is 11.1. The van der Waals surface area contributed by atoms with E-state index in [2.05, 4.69) is 9.44 Å². The Bertz CT molecular complexity index is 1600.